The van der Waals surface area contributed by atoms with Crippen molar-refractivity contribution in [3.05, 3.63) is 76.6 Å². The number of carbonyl (C=O) groups is 1. The lowest BCUT2D eigenvalue weighted by Crippen LogP contribution is -2.20. The summed E-state index contributed by atoms with van der Waals surface area (Å²) in [5, 5.41) is 5.94. The van der Waals surface area contributed by atoms with Gasteiger partial charge in [0.05, 0.1) is 23.0 Å². The molecule has 3 aromatic rings. The van der Waals surface area contributed by atoms with Gasteiger partial charge >= 0.3 is 12.4 Å². The maximum Gasteiger partial charge on any atom is 0.434 e. The molecule has 1 N–H and O–H groups in total. The van der Waals surface area contributed by atoms with E-state index < -0.39 is 35.1 Å². The number of rotatable bonds is 3. The quantitative estimate of drug-likeness (QED) is 0.529. The Hall–Kier alpha value is -3.01. The maximum atomic E-state index is 13.6. The van der Waals surface area contributed by atoms with Gasteiger partial charge in [0.2, 0.25) is 0 Å². The molecule has 0 aliphatic carbocycles. The lowest BCUT2D eigenvalue weighted by Gasteiger charge is -2.13. The summed E-state index contributed by atoms with van der Waals surface area (Å²) in [6, 6.07) is 8.73. The SMILES string of the molecule is O=C(Nc1ccc(C(F)(F)F)cc1)c1cnn(-c2cccc(Cl)c2)c1C(F)(F)F. The Balaban J connectivity index is 1.95. The number of hydrogen-bond donors (Lipinski definition) is 1. The molecule has 0 aliphatic rings. The predicted octanol–water partition coefficient (Wildman–Crippen LogP) is 5.82. The van der Waals surface area contributed by atoms with Gasteiger partial charge in [0.1, 0.15) is 0 Å². The molecule has 0 radical (unpaired) electrons. The van der Waals surface area contributed by atoms with Crippen LogP contribution in [0.4, 0.5) is 32.0 Å². The van der Waals surface area contributed by atoms with E-state index in [9.17, 15) is 31.1 Å². The highest BCUT2D eigenvalue weighted by Crippen LogP contribution is 2.35. The van der Waals surface area contributed by atoms with Crippen LogP contribution in [0.2, 0.25) is 5.02 Å². The first-order valence-corrected chi connectivity index (χ1v) is 8.24. The molecule has 1 heterocycles. The highest BCUT2D eigenvalue weighted by atomic mass is 35.5. The van der Waals surface area contributed by atoms with Crippen LogP contribution in [-0.2, 0) is 12.4 Å². The van der Waals surface area contributed by atoms with Gasteiger partial charge in [-0.2, -0.15) is 31.4 Å². The van der Waals surface area contributed by atoms with Crippen LogP contribution >= 0.6 is 11.6 Å². The van der Waals surface area contributed by atoms with Gasteiger partial charge in [0.15, 0.2) is 5.69 Å². The lowest BCUT2D eigenvalue weighted by molar-refractivity contribution is -0.143. The zero-order valence-corrected chi connectivity index (χ0v) is 14.9. The van der Waals surface area contributed by atoms with Crippen LogP contribution < -0.4 is 5.32 Å². The predicted molar refractivity (Wildman–Crippen MR) is 93.0 cm³/mol. The van der Waals surface area contributed by atoms with Crippen molar-refractivity contribution in [2.45, 2.75) is 12.4 Å². The molecule has 11 heteroatoms. The van der Waals surface area contributed by atoms with Crippen LogP contribution in [0.25, 0.3) is 5.69 Å². The summed E-state index contributed by atoms with van der Waals surface area (Å²) in [4.78, 5) is 12.4. The van der Waals surface area contributed by atoms with E-state index in [-0.39, 0.29) is 16.4 Å². The van der Waals surface area contributed by atoms with Gasteiger partial charge in [-0.1, -0.05) is 17.7 Å². The van der Waals surface area contributed by atoms with Crippen molar-refractivity contribution in [3.63, 3.8) is 0 Å². The molecule has 29 heavy (non-hydrogen) atoms. The molecule has 152 valence electrons. The van der Waals surface area contributed by atoms with Crippen molar-refractivity contribution in [3.8, 4) is 5.69 Å². The van der Waals surface area contributed by atoms with Crippen LogP contribution in [0, 0.1) is 0 Å². The number of halogens is 7. The minimum atomic E-state index is -4.94. The van der Waals surface area contributed by atoms with E-state index in [1.54, 1.807) is 0 Å². The molecule has 0 spiro atoms. The Bertz CT molecular complexity index is 1040. The Kier molecular flexibility index (Phi) is 5.31. The van der Waals surface area contributed by atoms with Crippen LogP contribution in [0.1, 0.15) is 21.6 Å². The summed E-state index contributed by atoms with van der Waals surface area (Å²) in [5.41, 5.74) is -3.22. The van der Waals surface area contributed by atoms with Gasteiger partial charge in [-0.25, -0.2) is 4.68 Å². The molecule has 0 saturated carbocycles. The van der Waals surface area contributed by atoms with Gasteiger partial charge in [-0.3, -0.25) is 4.79 Å². The van der Waals surface area contributed by atoms with E-state index in [2.05, 4.69) is 10.4 Å². The summed E-state index contributed by atoms with van der Waals surface area (Å²) in [6.45, 7) is 0. The number of nitrogens with one attached hydrogen (secondary N) is 1. The molecule has 0 saturated heterocycles. The van der Waals surface area contributed by atoms with Gasteiger partial charge < -0.3 is 5.32 Å². The Labute approximate surface area is 164 Å². The second-order valence-corrected chi connectivity index (χ2v) is 6.26. The average Bonchev–Trinajstić information content (AvgIpc) is 3.07. The molecule has 0 aliphatic heterocycles. The lowest BCUT2D eigenvalue weighted by atomic mass is 10.1. The van der Waals surface area contributed by atoms with Gasteiger partial charge in [-0.15, -0.1) is 0 Å². The van der Waals surface area contributed by atoms with Crippen molar-refractivity contribution in [1.82, 2.24) is 9.78 Å². The first kappa shape index (κ1) is 20.7. The molecule has 0 bridgehead atoms. The fraction of sp³-hybridized carbons (Fsp3) is 0.111. The fourth-order valence-electron chi connectivity index (χ4n) is 2.53. The summed E-state index contributed by atoms with van der Waals surface area (Å²) in [5.74, 6) is -1.18. The fourth-order valence-corrected chi connectivity index (χ4v) is 2.72. The molecule has 0 fully saturated rings. The number of amides is 1. The number of alkyl halides is 6. The smallest absolute Gasteiger partial charge is 0.322 e. The highest BCUT2D eigenvalue weighted by Gasteiger charge is 2.40. The molecule has 2 aromatic carbocycles. The number of carbonyl (C=O) groups excluding carboxylic acids is 1. The van der Waals surface area contributed by atoms with Gasteiger partial charge in [0, 0.05) is 10.7 Å². The number of nitrogens with zero attached hydrogens (tertiary/aromatic N) is 2. The first-order chi connectivity index (χ1) is 13.5. The number of hydrogen-bond acceptors (Lipinski definition) is 2. The molecule has 1 amide bonds. The molecule has 1 aromatic heterocycles. The summed E-state index contributed by atoms with van der Waals surface area (Å²) in [6.07, 6.45) is -8.79. The molecule has 3 rings (SSSR count). The number of anilines is 1. The third kappa shape index (κ3) is 4.53. The van der Waals surface area contributed by atoms with E-state index in [0.717, 1.165) is 18.3 Å². The van der Waals surface area contributed by atoms with Crippen LogP contribution in [0.15, 0.2) is 54.7 Å². The molecule has 0 unspecified atom stereocenters. The summed E-state index contributed by atoms with van der Waals surface area (Å²) < 4.78 is 79.1. The highest BCUT2D eigenvalue weighted by molar-refractivity contribution is 6.30. The molecule has 0 atom stereocenters. The van der Waals surface area contributed by atoms with Crippen molar-refractivity contribution in [1.29, 1.82) is 0 Å². The zero-order valence-electron chi connectivity index (χ0n) is 14.1. The first-order valence-electron chi connectivity index (χ1n) is 7.86. The van der Waals surface area contributed by atoms with Crippen LogP contribution in [0.5, 0.6) is 0 Å². The van der Waals surface area contributed by atoms with E-state index >= 15 is 0 Å². The summed E-state index contributed by atoms with van der Waals surface area (Å²) >= 11 is 5.80. The zero-order chi connectivity index (χ0) is 21.4. The van der Waals surface area contributed by atoms with Crippen molar-refractivity contribution in [2.75, 3.05) is 5.32 Å². The maximum absolute atomic E-state index is 13.6. The van der Waals surface area contributed by atoms with Crippen molar-refractivity contribution >= 4 is 23.2 Å². The third-order valence-electron chi connectivity index (χ3n) is 3.81. The Morgan fingerprint density at radius 2 is 1.62 bits per heavy atom. The van der Waals surface area contributed by atoms with E-state index in [4.69, 9.17) is 11.6 Å². The summed E-state index contributed by atoms with van der Waals surface area (Å²) in [7, 11) is 0. The topological polar surface area (TPSA) is 46.9 Å². The van der Waals surface area contributed by atoms with E-state index in [0.29, 0.717) is 16.8 Å². The minimum Gasteiger partial charge on any atom is -0.322 e. The average molecular weight is 434 g/mol. The number of aromatic nitrogens is 2. The molecular formula is C18H10ClF6N3O. The Morgan fingerprint density at radius 3 is 2.17 bits per heavy atom. The Morgan fingerprint density at radius 1 is 0.966 bits per heavy atom. The third-order valence-corrected chi connectivity index (χ3v) is 4.04. The van der Waals surface area contributed by atoms with Crippen LogP contribution in [-0.4, -0.2) is 15.7 Å². The second kappa shape index (κ2) is 7.43. The second-order valence-electron chi connectivity index (χ2n) is 5.83. The number of benzene rings is 2. The molecular weight excluding hydrogens is 424 g/mol. The van der Waals surface area contributed by atoms with Gasteiger partial charge in [-0.05, 0) is 42.5 Å². The van der Waals surface area contributed by atoms with Crippen molar-refractivity contribution in [2.24, 2.45) is 0 Å². The standard InChI is InChI=1S/C18H10ClF6N3O/c19-11-2-1-3-13(8-11)28-15(18(23,24)25)14(9-26-28)16(29)27-12-6-4-10(5-7-12)17(20,21)22/h1-9H,(H,27,29). The minimum absolute atomic E-state index is 0.0154. The largest absolute Gasteiger partial charge is 0.434 e. The molecule has 4 nitrogen and oxygen atoms in total. The van der Waals surface area contributed by atoms with E-state index in [1.165, 1.54) is 24.3 Å². The normalized spacial score (nSPS) is 12.1. The monoisotopic (exact) mass is 433 g/mol. The van der Waals surface area contributed by atoms with E-state index in [1.807, 2.05) is 0 Å². The van der Waals surface area contributed by atoms with Gasteiger partial charge in [0.25, 0.3) is 5.91 Å². The van der Waals surface area contributed by atoms with Crippen molar-refractivity contribution < 1.29 is 31.1 Å². The van der Waals surface area contributed by atoms with Crippen LogP contribution in [0.3, 0.4) is 0 Å².